The molecule has 220 valence electrons. The molecule has 7 atom stereocenters. The van der Waals surface area contributed by atoms with E-state index in [0.29, 0.717) is 36.2 Å². The molecule has 8 heteroatoms. The van der Waals surface area contributed by atoms with E-state index in [9.17, 15) is 15.0 Å². The van der Waals surface area contributed by atoms with E-state index >= 15 is 0 Å². The Balaban J connectivity index is 1.29. The molecular weight excluding hydrogens is 532 g/mol. The molecule has 4 heterocycles. The Morgan fingerprint density at radius 2 is 1.86 bits per heavy atom. The molecule has 2 saturated carbocycles. The standard InChI is InChI=1S/C34H38N2O6/c1-30(2)29-25(38)16-26-33(41-29,42-30)13-12-31(3)32(4)19(14-23-22-10-5-6-11-24(22)36-28(23)32)15-27(34(26,31)39)40-18-21-9-7-8-20(17-37)35-21/h5-11,16,19,27,29,36-37,39H,12-15,17-18H2,1-4H3/t19-,27+,29+,31-,32-,33?,34+/m1/s1. The van der Waals surface area contributed by atoms with E-state index in [0.717, 1.165) is 11.9 Å². The maximum Gasteiger partial charge on any atom is 0.195 e. The number of benzene rings is 1. The molecule has 1 aromatic carbocycles. The highest BCUT2D eigenvalue weighted by molar-refractivity contribution is 5.97. The number of H-pyrrole nitrogens is 1. The fraction of sp³-hybridized carbons (Fsp3) is 0.529. The van der Waals surface area contributed by atoms with Gasteiger partial charge in [-0.1, -0.05) is 38.1 Å². The summed E-state index contributed by atoms with van der Waals surface area (Å²) in [6.45, 7) is 8.24. The van der Waals surface area contributed by atoms with E-state index in [4.69, 9.17) is 14.2 Å². The second kappa shape index (κ2) is 8.39. The summed E-state index contributed by atoms with van der Waals surface area (Å²) in [5.74, 6) is -1.15. The van der Waals surface area contributed by atoms with Crippen molar-refractivity contribution in [2.75, 3.05) is 0 Å². The van der Waals surface area contributed by atoms with Crippen LogP contribution in [0, 0.1) is 11.3 Å². The number of aliphatic hydroxyl groups excluding tert-OH is 1. The average molecular weight is 571 g/mol. The highest BCUT2D eigenvalue weighted by atomic mass is 16.8. The summed E-state index contributed by atoms with van der Waals surface area (Å²) in [5, 5.41) is 24.3. The topological polar surface area (TPSA) is 114 Å². The van der Waals surface area contributed by atoms with Gasteiger partial charge in [-0.2, -0.15) is 0 Å². The molecule has 3 aliphatic carbocycles. The smallest absolute Gasteiger partial charge is 0.195 e. The number of aromatic nitrogens is 2. The zero-order valence-corrected chi connectivity index (χ0v) is 24.6. The minimum atomic E-state index is -1.56. The highest BCUT2D eigenvalue weighted by Gasteiger charge is 2.78. The van der Waals surface area contributed by atoms with Gasteiger partial charge in [0.1, 0.15) is 11.2 Å². The van der Waals surface area contributed by atoms with Crippen molar-refractivity contribution in [3.63, 3.8) is 0 Å². The van der Waals surface area contributed by atoms with Crippen molar-refractivity contribution in [2.24, 2.45) is 11.3 Å². The molecule has 0 amide bonds. The maximum atomic E-state index is 13.5. The first-order valence-electron chi connectivity index (χ1n) is 15.1. The largest absolute Gasteiger partial charge is 0.390 e. The third-order valence-corrected chi connectivity index (χ3v) is 11.7. The number of nitrogens with zero attached hydrogens (tertiary/aromatic N) is 1. The third-order valence-electron chi connectivity index (χ3n) is 11.7. The van der Waals surface area contributed by atoms with E-state index in [1.807, 2.05) is 32.0 Å². The van der Waals surface area contributed by atoms with Crippen LogP contribution in [0.5, 0.6) is 0 Å². The van der Waals surface area contributed by atoms with Gasteiger partial charge in [0.25, 0.3) is 0 Å². The molecule has 3 N–H and O–H groups in total. The Hall–Kier alpha value is -2.88. The molecule has 1 unspecified atom stereocenters. The number of rotatable bonds is 4. The van der Waals surface area contributed by atoms with Crippen LogP contribution in [0.2, 0.25) is 0 Å². The van der Waals surface area contributed by atoms with Crippen LogP contribution in [-0.4, -0.2) is 55.2 Å². The van der Waals surface area contributed by atoms with Gasteiger partial charge in [-0.15, -0.1) is 0 Å². The number of nitrogens with one attached hydrogen (secondary N) is 1. The maximum absolute atomic E-state index is 13.5. The Labute approximate surface area is 245 Å². The summed E-state index contributed by atoms with van der Waals surface area (Å²) in [4.78, 5) is 21.8. The lowest BCUT2D eigenvalue weighted by Gasteiger charge is -2.67. The molecule has 8 nitrogen and oxygen atoms in total. The lowest BCUT2D eigenvalue weighted by atomic mass is 9.41. The molecule has 5 aliphatic rings. The number of fused-ring (bicyclic) bond motifs is 9. The molecule has 2 bridgehead atoms. The van der Waals surface area contributed by atoms with Crippen molar-refractivity contribution in [3.05, 3.63) is 76.8 Å². The van der Waals surface area contributed by atoms with Gasteiger partial charge in [-0.3, -0.25) is 9.78 Å². The Morgan fingerprint density at radius 1 is 1.07 bits per heavy atom. The Morgan fingerprint density at radius 3 is 2.67 bits per heavy atom. The van der Waals surface area contributed by atoms with Crippen molar-refractivity contribution < 1.29 is 29.2 Å². The average Bonchev–Trinajstić information content (AvgIpc) is 3.56. The number of ether oxygens (including phenoxy) is 3. The lowest BCUT2D eigenvalue weighted by Crippen LogP contribution is -2.74. The number of para-hydroxylation sites is 1. The summed E-state index contributed by atoms with van der Waals surface area (Å²) >= 11 is 0. The zero-order chi connectivity index (χ0) is 29.3. The van der Waals surface area contributed by atoms with Crippen molar-refractivity contribution in [2.45, 2.75) is 101 Å². The second-order valence-electron chi connectivity index (χ2n) is 14.0. The van der Waals surface area contributed by atoms with E-state index in [1.54, 1.807) is 12.1 Å². The first-order chi connectivity index (χ1) is 20.0. The Bertz CT molecular complexity index is 1680. The Kier molecular flexibility index (Phi) is 5.34. The number of hydrogen-bond acceptors (Lipinski definition) is 7. The van der Waals surface area contributed by atoms with Gasteiger partial charge in [-0.25, -0.2) is 0 Å². The fourth-order valence-electron chi connectivity index (χ4n) is 9.47. The van der Waals surface area contributed by atoms with Gasteiger partial charge in [0.2, 0.25) is 0 Å². The first kappa shape index (κ1) is 26.7. The van der Waals surface area contributed by atoms with Crippen LogP contribution in [0.15, 0.2) is 54.1 Å². The molecule has 2 aliphatic heterocycles. The number of ketones is 1. The van der Waals surface area contributed by atoms with Crippen LogP contribution in [0.3, 0.4) is 0 Å². The van der Waals surface area contributed by atoms with Gasteiger partial charge in [0.05, 0.1) is 30.7 Å². The van der Waals surface area contributed by atoms with E-state index in [1.165, 1.54) is 16.6 Å². The molecule has 2 aromatic heterocycles. The molecule has 1 saturated heterocycles. The molecule has 0 radical (unpaired) electrons. The van der Waals surface area contributed by atoms with E-state index < -0.39 is 40.0 Å². The molecular formula is C34H38N2O6. The number of carbonyl (C=O) groups excluding carboxylic acids is 1. The highest BCUT2D eigenvalue weighted by Crippen LogP contribution is 2.72. The predicted molar refractivity (Wildman–Crippen MR) is 154 cm³/mol. The van der Waals surface area contributed by atoms with Crippen LogP contribution < -0.4 is 0 Å². The number of pyridine rings is 1. The number of carbonyl (C=O) groups is 1. The van der Waals surface area contributed by atoms with Gasteiger partial charge < -0.3 is 29.4 Å². The summed E-state index contributed by atoms with van der Waals surface area (Å²) in [6.07, 6.45) is 2.90. The van der Waals surface area contributed by atoms with Crippen molar-refractivity contribution in [1.82, 2.24) is 9.97 Å². The van der Waals surface area contributed by atoms with Gasteiger partial charge >= 0.3 is 0 Å². The quantitative estimate of drug-likeness (QED) is 0.426. The number of aromatic amines is 1. The molecule has 8 rings (SSSR count). The number of hydrogen-bond donors (Lipinski definition) is 3. The van der Waals surface area contributed by atoms with Crippen LogP contribution >= 0.6 is 0 Å². The first-order valence-corrected chi connectivity index (χ1v) is 15.1. The summed E-state index contributed by atoms with van der Waals surface area (Å²) in [6, 6.07) is 13.9. The molecule has 42 heavy (non-hydrogen) atoms. The van der Waals surface area contributed by atoms with Crippen molar-refractivity contribution >= 4 is 16.7 Å². The van der Waals surface area contributed by atoms with Crippen LogP contribution in [0.25, 0.3) is 10.9 Å². The van der Waals surface area contributed by atoms with Crippen molar-refractivity contribution in [1.29, 1.82) is 0 Å². The SMILES string of the molecule is CC1(C)OC23CC[C@]4(C)[C@@]5(C)c6[nH]c7ccccc7c6C[C@@H]5C[C@H](OCc5cccc(CO)n5)[C@@]4(O)C2=CC(=O)[C@@H]1O3. The van der Waals surface area contributed by atoms with Crippen LogP contribution in [0.4, 0.5) is 0 Å². The molecule has 3 aromatic rings. The monoisotopic (exact) mass is 570 g/mol. The number of aliphatic hydroxyl groups is 2. The molecule has 3 fully saturated rings. The summed E-state index contributed by atoms with van der Waals surface area (Å²) in [5.41, 5.74) is 1.79. The van der Waals surface area contributed by atoms with Crippen LogP contribution in [-0.2, 0) is 44.1 Å². The second-order valence-corrected chi connectivity index (χ2v) is 14.0. The van der Waals surface area contributed by atoms with E-state index in [-0.39, 0.29) is 24.9 Å². The van der Waals surface area contributed by atoms with E-state index in [2.05, 4.69) is 42.0 Å². The summed E-state index contributed by atoms with van der Waals surface area (Å²) < 4.78 is 19.8. The van der Waals surface area contributed by atoms with Gasteiger partial charge in [0.15, 0.2) is 17.7 Å². The van der Waals surface area contributed by atoms with Gasteiger partial charge in [-0.05, 0) is 68.9 Å². The minimum absolute atomic E-state index is 0.158. The predicted octanol–water partition coefficient (Wildman–Crippen LogP) is 4.40. The minimum Gasteiger partial charge on any atom is -0.390 e. The normalized spacial score (nSPS) is 39.4. The third kappa shape index (κ3) is 3.09. The van der Waals surface area contributed by atoms with Crippen LogP contribution in [0.1, 0.15) is 69.6 Å². The molecule has 1 spiro atoms. The lowest BCUT2D eigenvalue weighted by molar-refractivity contribution is -0.282. The summed E-state index contributed by atoms with van der Waals surface area (Å²) in [7, 11) is 0. The fourth-order valence-corrected chi connectivity index (χ4v) is 9.47. The van der Waals surface area contributed by atoms with Crippen molar-refractivity contribution in [3.8, 4) is 0 Å². The zero-order valence-electron chi connectivity index (χ0n) is 24.6. The van der Waals surface area contributed by atoms with Gasteiger partial charge in [0, 0.05) is 39.4 Å².